The van der Waals surface area contributed by atoms with E-state index >= 15 is 0 Å². The number of nitrogens with one attached hydrogen (secondary N) is 1. The lowest BCUT2D eigenvalue weighted by Crippen LogP contribution is -3.03. The predicted octanol–water partition coefficient (Wildman–Crippen LogP) is 4.45. The lowest BCUT2D eigenvalue weighted by Gasteiger charge is -2.36. The number of hydroxylamine groups is 1. The zero-order chi connectivity index (χ0) is 18.6. The molecule has 2 aromatic rings. The molecule has 1 aliphatic rings. The number of methoxy groups -OCH3 is 1. The minimum atomic E-state index is 0.00912. The van der Waals surface area contributed by atoms with Crippen LogP contribution < -0.4 is 14.7 Å². The summed E-state index contributed by atoms with van der Waals surface area (Å²) in [6.45, 7) is 5.92. The molecule has 0 amide bonds. The average molecular weight is 354 g/mol. The molecule has 0 aliphatic carbocycles. The Bertz CT molecular complexity index is 719. The molecular weight excluding hydrogens is 324 g/mol. The molecule has 0 fully saturated rings. The van der Waals surface area contributed by atoms with Gasteiger partial charge in [-0.3, -0.25) is 0 Å². The van der Waals surface area contributed by atoms with Crippen LogP contribution in [-0.4, -0.2) is 20.2 Å². The largest absolute Gasteiger partial charge is 0.629 e. The van der Waals surface area contributed by atoms with E-state index in [0.717, 1.165) is 55.0 Å². The maximum absolute atomic E-state index is 13.2. The van der Waals surface area contributed by atoms with E-state index in [9.17, 15) is 5.21 Å². The van der Waals surface area contributed by atoms with Gasteiger partial charge in [-0.25, -0.2) is 0 Å². The molecule has 4 nitrogen and oxygen atoms in total. The summed E-state index contributed by atoms with van der Waals surface area (Å²) in [6, 6.07) is 16.3. The van der Waals surface area contributed by atoms with E-state index in [1.165, 1.54) is 0 Å². The number of unbranched alkanes of at least 4 members (excludes halogenated alkanes) is 1. The number of hydrogen-bond donors (Lipinski definition) is 1. The number of nitrogens with zero attached hydrogens (tertiary/aromatic N) is 1. The fourth-order valence-electron chi connectivity index (χ4n) is 3.98. The van der Waals surface area contributed by atoms with Crippen LogP contribution in [-0.2, 0) is 0 Å². The van der Waals surface area contributed by atoms with Crippen molar-refractivity contribution in [3.05, 3.63) is 53.7 Å². The molecule has 140 valence electrons. The minimum Gasteiger partial charge on any atom is -0.629 e. The van der Waals surface area contributed by atoms with Gasteiger partial charge in [-0.15, -0.1) is 0 Å². The molecule has 0 saturated carbocycles. The van der Waals surface area contributed by atoms with Gasteiger partial charge < -0.3 is 19.9 Å². The van der Waals surface area contributed by atoms with E-state index in [4.69, 9.17) is 4.74 Å². The summed E-state index contributed by atoms with van der Waals surface area (Å²) in [5.74, 6) is 0.739. The second kappa shape index (κ2) is 8.11. The Morgan fingerprint density at radius 1 is 1.15 bits per heavy atom. The van der Waals surface area contributed by atoms with Crippen molar-refractivity contribution in [1.29, 1.82) is 0 Å². The van der Waals surface area contributed by atoms with Gasteiger partial charge in [-0.2, -0.15) is 0 Å². The molecule has 1 aliphatic heterocycles. The van der Waals surface area contributed by atoms with E-state index < -0.39 is 0 Å². The van der Waals surface area contributed by atoms with Crippen molar-refractivity contribution in [1.82, 2.24) is 0 Å². The van der Waals surface area contributed by atoms with Crippen LogP contribution in [0.2, 0.25) is 0 Å². The van der Waals surface area contributed by atoms with E-state index in [1.807, 2.05) is 24.3 Å². The Balaban J connectivity index is 2.10. The van der Waals surface area contributed by atoms with Gasteiger partial charge in [0.05, 0.1) is 13.7 Å². The van der Waals surface area contributed by atoms with Gasteiger partial charge in [0.15, 0.2) is 5.69 Å². The molecule has 0 aromatic heterocycles. The second-order valence-electron chi connectivity index (χ2n) is 7.36. The molecule has 1 N–H and O–H groups in total. The SMILES string of the molecule is CCCCC1(CC)CN(c2ccccc2)c2ccc(OC)cc2[NH+]([O-])C1. The van der Waals surface area contributed by atoms with Crippen LogP contribution in [0.15, 0.2) is 48.5 Å². The van der Waals surface area contributed by atoms with Crippen LogP contribution >= 0.6 is 0 Å². The zero-order valence-corrected chi connectivity index (χ0v) is 16.1. The molecule has 2 unspecified atom stereocenters. The third kappa shape index (κ3) is 3.71. The van der Waals surface area contributed by atoms with Crippen LogP contribution in [0.4, 0.5) is 17.1 Å². The number of rotatable bonds is 6. The monoisotopic (exact) mass is 354 g/mol. The summed E-state index contributed by atoms with van der Waals surface area (Å²) in [5, 5.41) is 13.4. The average Bonchev–Trinajstić information content (AvgIpc) is 2.82. The lowest BCUT2D eigenvalue weighted by molar-refractivity contribution is -0.784. The number of benzene rings is 2. The number of quaternary nitrogens is 1. The van der Waals surface area contributed by atoms with Gasteiger partial charge in [-0.1, -0.05) is 44.9 Å². The van der Waals surface area contributed by atoms with E-state index in [1.54, 1.807) is 7.11 Å². The van der Waals surface area contributed by atoms with E-state index in [-0.39, 0.29) is 10.5 Å². The highest BCUT2D eigenvalue weighted by Crippen LogP contribution is 2.40. The number of para-hydroxylation sites is 1. The molecule has 4 heteroatoms. The highest BCUT2D eigenvalue weighted by atomic mass is 16.5. The van der Waals surface area contributed by atoms with Crippen molar-refractivity contribution < 1.29 is 9.80 Å². The normalized spacial score (nSPS) is 22.6. The van der Waals surface area contributed by atoms with Gasteiger partial charge in [-0.05, 0) is 37.1 Å². The summed E-state index contributed by atoms with van der Waals surface area (Å²) in [5.41, 5.74) is 2.92. The summed E-state index contributed by atoms with van der Waals surface area (Å²) >= 11 is 0. The molecule has 1 heterocycles. The summed E-state index contributed by atoms with van der Waals surface area (Å²) in [6.07, 6.45) is 4.40. The predicted molar refractivity (Wildman–Crippen MR) is 108 cm³/mol. The molecule has 2 aromatic carbocycles. The van der Waals surface area contributed by atoms with Crippen molar-refractivity contribution in [2.75, 3.05) is 25.1 Å². The van der Waals surface area contributed by atoms with E-state index in [0.29, 0.717) is 6.54 Å². The van der Waals surface area contributed by atoms with Gasteiger partial charge in [0.25, 0.3) is 0 Å². The van der Waals surface area contributed by atoms with Gasteiger partial charge >= 0.3 is 0 Å². The minimum absolute atomic E-state index is 0.00912. The smallest absolute Gasteiger partial charge is 0.158 e. The molecular formula is C22H30N2O2. The standard InChI is InChI=1S/C22H30N2O2/c1-4-6-14-22(5-2)16-23(18-10-8-7-9-11-18)20-13-12-19(26-3)15-21(20)24(25)17-22/h7-13,15,24H,4-6,14,16-17H2,1-3H3. The summed E-state index contributed by atoms with van der Waals surface area (Å²) in [4.78, 5) is 2.33. The molecule has 3 rings (SSSR count). The topological polar surface area (TPSA) is 40.0 Å². The molecule has 0 radical (unpaired) electrons. The number of ether oxygens (including phenoxy) is 1. The van der Waals surface area contributed by atoms with Crippen molar-refractivity contribution in [2.24, 2.45) is 5.41 Å². The molecule has 26 heavy (non-hydrogen) atoms. The zero-order valence-electron chi connectivity index (χ0n) is 16.1. The number of fused-ring (bicyclic) bond motifs is 1. The fraction of sp³-hybridized carbons (Fsp3) is 0.455. The lowest BCUT2D eigenvalue weighted by atomic mass is 9.79. The van der Waals surface area contributed by atoms with Crippen molar-refractivity contribution in [2.45, 2.75) is 39.5 Å². The fourth-order valence-corrected chi connectivity index (χ4v) is 3.98. The highest BCUT2D eigenvalue weighted by Gasteiger charge is 2.38. The van der Waals surface area contributed by atoms with Gasteiger partial charge in [0.2, 0.25) is 0 Å². The van der Waals surface area contributed by atoms with Crippen LogP contribution in [0.25, 0.3) is 0 Å². The highest BCUT2D eigenvalue weighted by molar-refractivity contribution is 5.73. The summed E-state index contributed by atoms with van der Waals surface area (Å²) in [7, 11) is 1.65. The molecule has 0 saturated heterocycles. The Kier molecular flexibility index (Phi) is 5.84. The van der Waals surface area contributed by atoms with E-state index in [2.05, 4.69) is 43.0 Å². The first kappa shape index (κ1) is 18.7. The molecule has 0 spiro atoms. The van der Waals surface area contributed by atoms with Crippen LogP contribution in [0.1, 0.15) is 39.5 Å². The first-order chi connectivity index (χ1) is 12.6. The Morgan fingerprint density at radius 3 is 2.58 bits per heavy atom. The van der Waals surface area contributed by atoms with Crippen LogP contribution in [0.3, 0.4) is 0 Å². The summed E-state index contributed by atoms with van der Waals surface area (Å²) < 4.78 is 5.38. The maximum atomic E-state index is 13.2. The Labute approximate surface area is 157 Å². The maximum Gasteiger partial charge on any atom is 0.158 e. The van der Waals surface area contributed by atoms with Gasteiger partial charge in [0, 0.05) is 23.7 Å². The number of hydrogen-bond acceptors (Lipinski definition) is 3. The van der Waals surface area contributed by atoms with Crippen LogP contribution in [0, 0.1) is 10.6 Å². The number of anilines is 2. The first-order valence-corrected chi connectivity index (χ1v) is 9.66. The first-order valence-electron chi connectivity index (χ1n) is 9.66. The van der Waals surface area contributed by atoms with Crippen molar-refractivity contribution in [3.8, 4) is 5.75 Å². The van der Waals surface area contributed by atoms with Crippen molar-refractivity contribution >= 4 is 17.1 Å². The quantitative estimate of drug-likeness (QED) is 0.779. The third-order valence-electron chi connectivity index (χ3n) is 5.70. The van der Waals surface area contributed by atoms with Crippen LogP contribution in [0.5, 0.6) is 5.75 Å². The van der Waals surface area contributed by atoms with Gasteiger partial charge in [0.1, 0.15) is 11.4 Å². The second-order valence-corrected chi connectivity index (χ2v) is 7.36. The molecule has 0 bridgehead atoms. The van der Waals surface area contributed by atoms with Crippen molar-refractivity contribution in [3.63, 3.8) is 0 Å². The molecule has 2 atom stereocenters. The Morgan fingerprint density at radius 2 is 1.92 bits per heavy atom. The third-order valence-corrected chi connectivity index (χ3v) is 5.70. The Hall–Kier alpha value is -2.04.